The Morgan fingerprint density at radius 2 is 0.792 bits per heavy atom. The van der Waals surface area contributed by atoms with Gasteiger partial charge >= 0.3 is 5.97 Å². The molecule has 0 spiro atoms. The molecule has 7 heterocycles. The number of ether oxygens (including phenoxy) is 13. The Hall–Kier alpha value is -3.97. The third-order valence-corrected chi connectivity index (χ3v) is 17.1. The lowest BCUT2D eigenvalue weighted by molar-refractivity contribution is -0.366. The Labute approximate surface area is 543 Å². The molecular weight excluding hydrogens is 1320 g/mol. The van der Waals surface area contributed by atoms with Gasteiger partial charge < -0.3 is 190 Å². The molecule has 0 aromatic heterocycles. The Morgan fingerprint density at radius 3 is 1.20 bits per heavy atom. The zero-order valence-electron chi connectivity index (χ0n) is 51.6. The van der Waals surface area contributed by atoms with E-state index in [1.54, 1.807) is 0 Å². The summed E-state index contributed by atoms with van der Waals surface area (Å²) in [5, 5.41) is 236. The highest BCUT2D eigenvalue weighted by Gasteiger charge is 2.60. The Bertz CT molecular complexity index is 2540. The van der Waals surface area contributed by atoms with Crippen LogP contribution in [-0.4, -0.2) is 403 Å². The van der Waals surface area contributed by atoms with Crippen LogP contribution in [0.5, 0.6) is 0 Å². The van der Waals surface area contributed by atoms with E-state index < -0.39 is 303 Å². The molecule has 7 fully saturated rings. The number of nitrogens with one attached hydrogen (secondary N) is 4. The van der Waals surface area contributed by atoms with Gasteiger partial charge in [0, 0.05) is 34.1 Å². The second kappa shape index (κ2) is 34.1. The molecule has 0 bridgehead atoms. The first-order chi connectivity index (χ1) is 45.1. The third-order valence-electron chi connectivity index (χ3n) is 17.1. The maximum absolute atomic E-state index is 12.8. The zero-order chi connectivity index (χ0) is 71.3. The summed E-state index contributed by atoms with van der Waals surface area (Å²) in [5.74, 6) is -8.28. The molecule has 7 rings (SSSR count). The fourth-order valence-electron chi connectivity index (χ4n) is 12.0. The van der Waals surface area contributed by atoms with Crippen molar-refractivity contribution in [3.63, 3.8) is 0 Å². The summed E-state index contributed by atoms with van der Waals surface area (Å²) in [5.41, 5.74) is 0. The highest BCUT2D eigenvalue weighted by Crippen LogP contribution is 2.38. The monoisotopic (exact) mass is 1400 g/mol. The van der Waals surface area contributed by atoms with E-state index in [0.717, 1.165) is 27.7 Å². The lowest BCUT2D eigenvalue weighted by atomic mass is 9.88. The molecule has 96 heavy (non-hydrogen) atoms. The Morgan fingerprint density at radius 1 is 0.427 bits per heavy atom. The maximum Gasteiger partial charge on any atom is 0.364 e. The second-order valence-corrected chi connectivity index (χ2v) is 24.1. The molecule has 43 heteroatoms. The minimum Gasteiger partial charge on any atom is -0.477 e. The van der Waals surface area contributed by atoms with Crippen LogP contribution in [-0.2, 0) is 85.6 Å². The third kappa shape index (κ3) is 17.8. The van der Waals surface area contributed by atoms with Crippen molar-refractivity contribution in [3.8, 4) is 0 Å². The van der Waals surface area contributed by atoms with Crippen LogP contribution < -0.4 is 21.3 Å². The van der Waals surface area contributed by atoms with E-state index in [0.29, 0.717) is 0 Å². The van der Waals surface area contributed by atoms with E-state index in [1.165, 1.54) is 0 Å². The van der Waals surface area contributed by atoms with Crippen molar-refractivity contribution < 1.29 is 193 Å². The molecule has 4 amide bonds. The van der Waals surface area contributed by atoms with Crippen molar-refractivity contribution in [1.82, 2.24) is 21.3 Å². The van der Waals surface area contributed by atoms with Gasteiger partial charge in [-0.1, -0.05) is 0 Å². The van der Waals surface area contributed by atoms with Crippen LogP contribution in [0.3, 0.4) is 0 Å². The number of hydrogen-bond acceptors (Lipinski definition) is 38. The minimum absolute atomic E-state index is 0.780. The summed E-state index contributed by atoms with van der Waals surface area (Å²) in [6.45, 7) is -3.04. The maximum atomic E-state index is 12.8. The van der Waals surface area contributed by atoms with Gasteiger partial charge in [0.25, 0.3) is 5.79 Å². The largest absolute Gasteiger partial charge is 0.477 e. The van der Waals surface area contributed by atoms with Crippen molar-refractivity contribution in [1.29, 1.82) is 0 Å². The topological polar surface area (TPSA) is 678 Å². The number of aliphatic carboxylic acids is 1. The summed E-state index contributed by atoms with van der Waals surface area (Å²) < 4.78 is 74.5. The van der Waals surface area contributed by atoms with Gasteiger partial charge in [-0.05, 0) is 0 Å². The number of carbonyl (C=O) groups excluding carboxylic acids is 4. The number of carbonyl (C=O) groups is 5. The quantitative estimate of drug-likeness (QED) is 0.0382. The van der Waals surface area contributed by atoms with Crippen LogP contribution in [0.15, 0.2) is 0 Å². The average molecular weight is 1410 g/mol. The Kier molecular flexibility index (Phi) is 28.2. The van der Waals surface area contributed by atoms with E-state index in [-0.39, 0.29) is 0 Å². The highest BCUT2D eigenvalue weighted by atomic mass is 16.8. The normalized spacial score (nSPS) is 46.0. The molecule has 7 saturated heterocycles. The first-order valence-electron chi connectivity index (χ1n) is 30.2. The van der Waals surface area contributed by atoms with Crippen molar-refractivity contribution in [3.05, 3.63) is 0 Å². The van der Waals surface area contributed by atoms with Crippen LogP contribution >= 0.6 is 0 Å². The van der Waals surface area contributed by atoms with E-state index in [2.05, 4.69) is 21.3 Å². The smallest absolute Gasteiger partial charge is 0.364 e. The molecule has 0 radical (unpaired) electrons. The van der Waals surface area contributed by atoms with Crippen molar-refractivity contribution >= 4 is 29.6 Å². The fourth-order valence-corrected chi connectivity index (χ4v) is 12.0. The molecule has 554 valence electrons. The van der Waals surface area contributed by atoms with Crippen LogP contribution in [0.4, 0.5) is 0 Å². The molecule has 0 saturated carbocycles. The standard InChI is InChI=1S/C53H88N4O39/c1-13(62)54-25-17(66)5-53(52(82)83,96-45(25)29(68)18(67)6-58)86-12-24-32(71)38(77)41(80)51(92-24)94-43-21(9-61)89-47(26(34(43)73)55-14(2)63)84-10-22-31(70)37(76)40(79)50(91-22)93-42-20(8-60)90-48(27(35(42)74)56-15(3)64)85-11-23-33(72)44(28(46(81)87-23)57-16(4)65)95-49-39(78)36(75)30(69)19(7-59)88-49/h17-51,58-61,66-81H,5-12H2,1-4H3,(H,54,62)(H,55,63)(H,56,64)(H,57,65)(H,82,83)/t17-,18+,19+,20+,21+,22+,23+,24+,25+,26+,27+,28+,29+,30-,31-,32-,33-,34+,35+,36-,37-,38-,39+,40+,41+,42+,43+,44+,45+,46+,47+,48+,49-,50-,51-,53+/m0/s1. The number of hydrogen-bond donors (Lipinski definition) is 25. The SMILES string of the molecule is CC(=O)N[C@@H]1[C@@H](O[C@@H]2O[C@H](CO)[C@H](O)[C@H](O)[C@H]2O)[C@@H](O)[C@@H](CO[C@@H]2O[C@H](CO)[C@@H](O[C@@H]3O[C@H](CO[C@@H]4O[C@H](CO)[C@@H](O[C@@H]5O[C@H](CO[C@]6(C(=O)O)C[C@H](O)[C@@H](NC(C)=O)[C@H]([C@H](O)[C@H](O)CO)O6)[C@H](O)[C@H](O)[C@H]5O)[C@H](O)[C@H]4NC(C)=O)[C@H](O)[C@H](O)[C@H]3O)[C@H](O)[C@H]2NC(C)=O)O[C@H]1O. The molecule has 0 aromatic carbocycles. The van der Waals surface area contributed by atoms with Gasteiger partial charge in [0.15, 0.2) is 37.7 Å². The molecule has 25 N–H and O–H groups in total. The van der Waals surface area contributed by atoms with E-state index >= 15 is 0 Å². The molecule has 0 aliphatic carbocycles. The van der Waals surface area contributed by atoms with Crippen LogP contribution in [0, 0.1) is 0 Å². The van der Waals surface area contributed by atoms with Crippen molar-refractivity contribution in [2.24, 2.45) is 0 Å². The van der Waals surface area contributed by atoms with Crippen LogP contribution in [0.1, 0.15) is 34.1 Å². The predicted octanol–water partition coefficient (Wildman–Crippen LogP) is -16.5. The number of carboxylic acids is 1. The molecule has 7 aliphatic rings. The lowest BCUT2D eigenvalue weighted by Gasteiger charge is -2.49. The van der Waals surface area contributed by atoms with Gasteiger partial charge in [0.2, 0.25) is 23.6 Å². The number of aliphatic hydroxyl groups excluding tert-OH is 20. The van der Waals surface area contributed by atoms with Crippen LogP contribution in [0.25, 0.3) is 0 Å². The predicted molar refractivity (Wildman–Crippen MR) is 295 cm³/mol. The molecule has 0 aromatic rings. The first-order valence-corrected chi connectivity index (χ1v) is 30.2. The average Bonchev–Trinajstić information content (AvgIpc) is 0.779. The van der Waals surface area contributed by atoms with Gasteiger partial charge in [0.1, 0.15) is 165 Å². The van der Waals surface area contributed by atoms with Crippen molar-refractivity contribution in [2.75, 3.05) is 46.2 Å². The minimum atomic E-state index is -3.00. The van der Waals surface area contributed by atoms with Gasteiger partial charge in [-0.15, -0.1) is 0 Å². The zero-order valence-corrected chi connectivity index (χ0v) is 51.6. The summed E-state index contributed by atoms with van der Waals surface area (Å²) in [6.07, 6.45) is -62.2. The van der Waals surface area contributed by atoms with Gasteiger partial charge in [-0.2, -0.15) is 0 Å². The number of amides is 4. The highest BCUT2D eigenvalue weighted by molar-refractivity contribution is 5.77. The number of carboxylic acid groups (broad SMARTS) is 1. The summed E-state index contributed by atoms with van der Waals surface area (Å²) in [4.78, 5) is 62.3. The second-order valence-electron chi connectivity index (χ2n) is 24.1. The number of aliphatic hydroxyl groups is 20. The van der Waals surface area contributed by atoms with Gasteiger partial charge in [-0.3, -0.25) is 19.2 Å². The fraction of sp³-hybridized carbons (Fsp3) is 0.906. The van der Waals surface area contributed by atoms with Gasteiger partial charge in [0.05, 0.1) is 58.4 Å². The van der Waals surface area contributed by atoms with Crippen LogP contribution in [0.2, 0.25) is 0 Å². The molecule has 0 unspecified atom stereocenters. The summed E-state index contributed by atoms with van der Waals surface area (Å²) in [7, 11) is 0. The van der Waals surface area contributed by atoms with Crippen molar-refractivity contribution in [2.45, 2.75) is 254 Å². The molecule has 43 nitrogen and oxygen atoms in total. The molecule has 36 atom stereocenters. The van der Waals surface area contributed by atoms with Gasteiger partial charge in [-0.25, -0.2) is 4.79 Å². The summed E-state index contributed by atoms with van der Waals surface area (Å²) in [6, 6.07) is -6.73. The number of rotatable bonds is 26. The lowest BCUT2D eigenvalue weighted by Crippen LogP contribution is -2.69. The molecule has 7 aliphatic heterocycles. The molecular formula is C53H88N4O39. The van der Waals surface area contributed by atoms with E-state index in [4.69, 9.17) is 61.6 Å². The first kappa shape index (κ1) is 79.4. The Balaban J connectivity index is 1.02. The van der Waals surface area contributed by atoms with E-state index in [1.807, 2.05) is 0 Å². The summed E-state index contributed by atoms with van der Waals surface area (Å²) >= 11 is 0. The van der Waals surface area contributed by atoms with E-state index in [9.17, 15) is 131 Å².